The van der Waals surface area contributed by atoms with E-state index in [2.05, 4.69) is 4.72 Å². The maximum absolute atomic E-state index is 11.6. The molecular formula is C12H18N2O5S. The first-order valence-corrected chi connectivity index (χ1v) is 7.34. The minimum atomic E-state index is -4.02. The van der Waals surface area contributed by atoms with Crippen LogP contribution in [0, 0.1) is 0 Å². The molecule has 0 unspecified atom stereocenters. The highest BCUT2D eigenvalue weighted by atomic mass is 32.2. The largest absolute Gasteiger partial charge is 0.508 e. The van der Waals surface area contributed by atoms with Gasteiger partial charge in [-0.05, 0) is 38.5 Å². The minimum absolute atomic E-state index is 0.0294. The van der Waals surface area contributed by atoms with Crippen LogP contribution in [0.2, 0.25) is 0 Å². The highest BCUT2D eigenvalue weighted by Gasteiger charge is 2.20. The predicted molar refractivity (Wildman–Crippen MR) is 73.2 cm³/mol. The molecule has 20 heavy (non-hydrogen) atoms. The second-order valence-electron chi connectivity index (χ2n) is 5.10. The molecule has 0 aliphatic rings. The van der Waals surface area contributed by atoms with Crippen molar-refractivity contribution in [2.45, 2.75) is 32.9 Å². The molecule has 1 aromatic rings. The van der Waals surface area contributed by atoms with Crippen LogP contribution in [0.3, 0.4) is 0 Å². The lowest BCUT2D eigenvalue weighted by molar-refractivity contribution is 0.0569. The van der Waals surface area contributed by atoms with E-state index in [1.807, 2.05) is 0 Å². The van der Waals surface area contributed by atoms with Crippen LogP contribution in [0.1, 0.15) is 26.3 Å². The van der Waals surface area contributed by atoms with Crippen LogP contribution in [-0.4, -0.2) is 25.2 Å². The molecule has 1 amide bonds. The molecule has 1 rings (SSSR count). The van der Waals surface area contributed by atoms with Crippen LogP contribution < -0.4 is 9.44 Å². The average Bonchev–Trinajstić information content (AvgIpc) is 2.23. The summed E-state index contributed by atoms with van der Waals surface area (Å²) in [4.78, 5) is 11.3. The Morgan fingerprint density at radius 1 is 1.35 bits per heavy atom. The second-order valence-corrected chi connectivity index (χ2v) is 6.60. The number of benzene rings is 1. The molecule has 0 bridgehead atoms. The summed E-state index contributed by atoms with van der Waals surface area (Å²) in [6.45, 7) is 4.81. The number of aromatic hydroxyl groups is 1. The fourth-order valence-corrected chi connectivity index (χ4v) is 1.98. The highest BCUT2D eigenvalue weighted by Crippen LogP contribution is 2.10. The number of hydrogen-bond acceptors (Lipinski definition) is 5. The summed E-state index contributed by atoms with van der Waals surface area (Å²) < 4.78 is 31.9. The molecule has 0 aliphatic heterocycles. The van der Waals surface area contributed by atoms with Crippen LogP contribution in [0.4, 0.5) is 4.79 Å². The number of carbonyl (C=O) groups excluding carboxylic acids is 1. The molecule has 7 nitrogen and oxygen atoms in total. The molecule has 0 saturated carbocycles. The van der Waals surface area contributed by atoms with E-state index in [0.717, 1.165) is 0 Å². The van der Waals surface area contributed by atoms with Gasteiger partial charge in [0.1, 0.15) is 11.4 Å². The Labute approximate surface area is 118 Å². The summed E-state index contributed by atoms with van der Waals surface area (Å²) >= 11 is 0. The van der Waals surface area contributed by atoms with Gasteiger partial charge >= 0.3 is 16.3 Å². The molecular weight excluding hydrogens is 284 g/mol. The predicted octanol–water partition coefficient (Wildman–Crippen LogP) is 1.25. The number of phenolic OH excluding ortho intramolecular Hbond substituents is 1. The molecule has 0 spiro atoms. The van der Waals surface area contributed by atoms with Crippen molar-refractivity contribution < 1.29 is 23.1 Å². The van der Waals surface area contributed by atoms with E-state index >= 15 is 0 Å². The molecule has 0 fully saturated rings. The zero-order valence-electron chi connectivity index (χ0n) is 11.5. The molecule has 0 aromatic heterocycles. The zero-order chi connectivity index (χ0) is 15.4. The smallest absolute Gasteiger partial charge is 0.422 e. The number of nitrogens with one attached hydrogen (secondary N) is 2. The number of phenols is 1. The van der Waals surface area contributed by atoms with E-state index in [1.165, 1.54) is 12.1 Å². The fraction of sp³-hybridized carbons (Fsp3) is 0.417. The van der Waals surface area contributed by atoms with Crippen molar-refractivity contribution in [3.05, 3.63) is 29.8 Å². The van der Waals surface area contributed by atoms with Crippen molar-refractivity contribution in [3.8, 4) is 5.75 Å². The number of amides is 1. The number of ether oxygens (including phenoxy) is 1. The van der Waals surface area contributed by atoms with Crippen molar-refractivity contribution >= 4 is 16.3 Å². The first-order valence-electron chi connectivity index (χ1n) is 5.86. The molecule has 0 heterocycles. The molecule has 1 aromatic carbocycles. The Kier molecular flexibility index (Phi) is 4.96. The monoisotopic (exact) mass is 302 g/mol. The molecule has 112 valence electrons. The fourth-order valence-electron chi connectivity index (χ4n) is 1.29. The molecule has 0 aliphatic carbocycles. The van der Waals surface area contributed by atoms with E-state index in [1.54, 1.807) is 37.6 Å². The Morgan fingerprint density at radius 2 is 2.00 bits per heavy atom. The lowest BCUT2D eigenvalue weighted by Gasteiger charge is -2.19. The Morgan fingerprint density at radius 3 is 2.55 bits per heavy atom. The Bertz CT molecular complexity index is 578. The highest BCUT2D eigenvalue weighted by molar-refractivity contribution is 7.88. The van der Waals surface area contributed by atoms with E-state index < -0.39 is 21.9 Å². The molecule has 8 heteroatoms. The summed E-state index contributed by atoms with van der Waals surface area (Å²) in [7, 11) is -4.02. The van der Waals surface area contributed by atoms with Gasteiger partial charge in [-0.15, -0.1) is 0 Å². The summed E-state index contributed by atoms with van der Waals surface area (Å²) in [6, 6.07) is 6.10. The number of hydrogen-bond donors (Lipinski definition) is 3. The summed E-state index contributed by atoms with van der Waals surface area (Å²) in [6.07, 6.45) is -1.05. The van der Waals surface area contributed by atoms with Crippen LogP contribution >= 0.6 is 0 Å². The van der Waals surface area contributed by atoms with Crippen LogP contribution in [-0.2, 0) is 21.5 Å². The van der Waals surface area contributed by atoms with Gasteiger partial charge in [-0.3, -0.25) is 0 Å². The van der Waals surface area contributed by atoms with Crippen molar-refractivity contribution in [1.82, 2.24) is 9.44 Å². The van der Waals surface area contributed by atoms with Gasteiger partial charge in [0, 0.05) is 6.54 Å². The van der Waals surface area contributed by atoms with Crippen LogP contribution in [0.25, 0.3) is 0 Å². The lowest BCUT2D eigenvalue weighted by atomic mass is 10.2. The van der Waals surface area contributed by atoms with Gasteiger partial charge in [0.15, 0.2) is 0 Å². The Balaban J connectivity index is 2.56. The van der Waals surface area contributed by atoms with Gasteiger partial charge in [-0.1, -0.05) is 12.1 Å². The topological polar surface area (TPSA) is 105 Å². The Hall–Kier alpha value is -1.80. The third kappa shape index (κ3) is 6.39. The number of rotatable bonds is 4. The minimum Gasteiger partial charge on any atom is -0.508 e. The van der Waals surface area contributed by atoms with Crippen molar-refractivity contribution in [2.24, 2.45) is 0 Å². The van der Waals surface area contributed by atoms with Crippen LogP contribution in [0.5, 0.6) is 5.75 Å². The van der Waals surface area contributed by atoms with E-state index in [9.17, 15) is 18.3 Å². The van der Waals surface area contributed by atoms with Gasteiger partial charge in [-0.2, -0.15) is 13.1 Å². The first kappa shape index (κ1) is 16.3. The quantitative estimate of drug-likeness (QED) is 0.776. The summed E-state index contributed by atoms with van der Waals surface area (Å²) in [5.74, 6) is 0.0294. The third-order valence-corrected chi connectivity index (χ3v) is 2.95. The van der Waals surface area contributed by atoms with E-state index in [0.29, 0.717) is 5.56 Å². The first-order chi connectivity index (χ1) is 9.07. The zero-order valence-corrected chi connectivity index (χ0v) is 12.3. The molecule has 0 saturated heterocycles. The van der Waals surface area contributed by atoms with Gasteiger partial charge in [0.2, 0.25) is 0 Å². The van der Waals surface area contributed by atoms with Crippen molar-refractivity contribution in [1.29, 1.82) is 0 Å². The van der Waals surface area contributed by atoms with E-state index in [-0.39, 0.29) is 12.3 Å². The second kappa shape index (κ2) is 6.10. The molecule has 0 atom stereocenters. The molecule has 3 N–H and O–H groups in total. The van der Waals surface area contributed by atoms with E-state index in [4.69, 9.17) is 4.74 Å². The van der Waals surface area contributed by atoms with Gasteiger partial charge in [0.05, 0.1) is 0 Å². The number of carbonyl (C=O) groups is 1. The van der Waals surface area contributed by atoms with Gasteiger partial charge < -0.3 is 9.84 Å². The average molecular weight is 302 g/mol. The van der Waals surface area contributed by atoms with Crippen molar-refractivity contribution in [2.75, 3.05) is 0 Å². The molecule has 0 radical (unpaired) electrons. The summed E-state index contributed by atoms with van der Waals surface area (Å²) in [5.41, 5.74) is -0.232. The third-order valence-electron chi connectivity index (χ3n) is 1.99. The summed E-state index contributed by atoms with van der Waals surface area (Å²) in [5, 5.41) is 9.25. The standard InChI is InChI=1S/C12H18N2O5S/c1-12(2,3)19-11(16)14-20(17,18)13-8-9-5-4-6-10(15)7-9/h4-7,13,15H,8H2,1-3H3,(H,14,16). The maximum Gasteiger partial charge on any atom is 0.422 e. The lowest BCUT2D eigenvalue weighted by Crippen LogP contribution is -2.42. The van der Waals surface area contributed by atoms with Gasteiger partial charge in [0.25, 0.3) is 0 Å². The normalized spacial score (nSPS) is 11.9. The van der Waals surface area contributed by atoms with Crippen LogP contribution in [0.15, 0.2) is 24.3 Å². The van der Waals surface area contributed by atoms with Gasteiger partial charge in [-0.25, -0.2) is 9.52 Å². The maximum atomic E-state index is 11.6. The SMILES string of the molecule is CC(C)(C)OC(=O)NS(=O)(=O)NCc1cccc(O)c1. The van der Waals surface area contributed by atoms with Crippen molar-refractivity contribution in [3.63, 3.8) is 0 Å².